The summed E-state index contributed by atoms with van der Waals surface area (Å²) in [5, 5.41) is 11.0. The van der Waals surface area contributed by atoms with Crippen LogP contribution in [-0.2, 0) is 4.79 Å². The zero-order valence-corrected chi connectivity index (χ0v) is 11.6. The van der Waals surface area contributed by atoms with Gasteiger partial charge in [-0.2, -0.15) is 0 Å². The fraction of sp³-hybridized carbons (Fsp3) is 0.125. The normalized spacial score (nSPS) is 10.0. The fourth-order valence-electron chi connectivity index (χ4n) is 1.70. The van der Waals surface area contributed by atoms with Gasteiger partial charge in [0.25, 0.3) is 5.91 Å². The molecular formula is C16H14FNO4. The van der Waals surface area contributed by atoms with Gasteiger partial charge in [-0.15, -0.1) is 0 Å². The van der Waals surface area contributed by atoms with E-state index >= 15 is 0 Å². The van der Waals surface area contributed by atoms with Gasteiger partial charge in [0, 0.05) is 12.1 Å². The van der Waals surface area contributed by atoms with E-state index in [2.05, 4.69) is 5.32 Å². The quantitative estimate of drug-likeness (QED) is 0.860. The maximum atomic E-state index is 12.8. The molecule has 5 nitrogen and oxygen atoms in total. The molecule has 0 aliphatic heterocycles. The third-order valence-corrected chi connectivity index (χ3v) is 2.79. The summed E-state index contributed by atoms with van der Waals surface area (Å²) in [7, 11) is 0. The minimum absolute atomic E-state index is 0.0714. The molecule has 0 atom stereocenters. The summed E-state index contributed by atoms with van der Waals surface area (Å²) in [5.41, 5.74) is 0.400. The number of benzene rings is 2. The highest BCUT2D eigenvalue weighted by atomic mass is 19.1. The molecule has 0 heterocycles. The summed E-state index contributed by atoms with van der Waals surface area (Å²) in [6.45, 7) is 0.0714. The number of ether oxygens (including phenoxy) is 1. The van der Waals surface area contributed by atoms with E-state index in [0.717, 1.165) is 0 Å². The lowest BCUT2D eigenvalue weighted by atomic mass is 10.2. The number of hydrogen-bond donors (Lipinski definition) is 2. The van der Waals surface area contributed by atoms with E-state index in [1.807, 2.05) is 0 Å². The van der Waals surface area contributed by atoms with Crippen molar-refractivity contribution in [2.24, 2.45) is 0 Å². The van der Waals surface area contributed by atoms with Crippen LogP contribution in [0.5, 0.6) is 11.5 Å². The highest BCUT2D eigenvalue weighted by Gasteiger charge is 2.06. The van der Waals surface area contributed by atoms with E-state index in [9.17, 15) is 14.0 Å². The van der Waals surface area contributed by atoms with Crippen molar-refractivity contribution >= 4 is 11.9 Å². The number of aliphatic carboxylic acids is 1. The standard InChI is InChI=1S/C16H14FNO4/c17-12-3-7-14(8-4-12)22-13-5-1-11(2-6-13)16(21)18-10-9-15(19)20/h1-8H,9-10H2,(H,18,21)(H,19,20). The van der Waals surface area contributed by atoms with Crippen molar-refractivity contribution < 1.29 is 23.8 Å². The van der Waals surface area contributed by atoms with E-state index < -0.39 is 5.97 Å². The lowest BCUT2D eigenvalue weighted by molar-refractivity contribution is -0.136. The molecule has 0 saturated carbocycles. The molecule has 114 valence electrons. The predicted octanol–water partition coefficient (Wildman–Crippen LogP) is 2.82. The Kier molecular flexibility index (Phi) is 5.08. The van der Waals surface area contributed by atoms with Gasteiger partial charge in [0.05, 0.1) is 6.42 Å². The molecule has 0 radical (unpaired) electrons. The van der Waals surface area contributed by atoms with E-state index in [1.54, 1.807) is 24.3 Å². The molecule has 0 unspecified atom stereocenters. The number of carboxylic acid groups (broad SMARTS) is 1. The Morgan fingerprint density at radius 1 is 1.00 bits per heavy atom. The summed E-state index contributed by atoms with van der Waals surface area (Å²) in [6.07, 6.45) is -0.127. The van der Waals surface area contributed by atoms with Crippen molar-refractivity contribution in [1.29, 1.82) is 0 Å². The minimum atomic E-state index is -0.969. The van der Waals surface area contributed by atoms with Crippen LogP contribution < -0.4 is 10.1 Å². The zero-order chi connectivity index (χ0) is 15.9. The van der Waals surface area contributed by atoms with E-state index in [1.165, 1.54) is 24.3 Å². The first-order chi connectivity index (χ1) is 10.5. The summed E-state index contributed by atoms with van der Waals surface area (Å²) < 4.78 is 18.3. The first-order valence-electron chi connectivity index (χ1n) is 6.58. The van der Waals surface area contributed by atoms with Crippen LogP contribution in [0.4, 0.5) is 4.39 Å². The van der Waals surface area contributed by atoms with Gasteiger partial charge in [-0.1, -0.05) is 0 Å². The Balaban J connectivity index is 1.93. The minimum Gasteiger partial charge on any atom is -0.481 e. The van der Waals surface area contributed by atoms with Gasteiger partial charge in [-0.05, 0) is 48.5 Å². The third-order valence-electron chi connectivity index (χ3n) is 2.79. The smallest absolute Gasteiger partial charge is 0.305 e. The van der Waals surface area contributed by atoms with Crippen LogP contribution >= 0.6 is 0 Å². The van der Waals surface area contributed by atoms with Crippen LogP contribution in [0.3, 0.4) is 0 Å². The second kappa shape index (κ2) is 7.21. The molecule has 2 rings (SSSR count). The Bertz CT molecular complexity index is 653. The summed E-state index contributed by atoms with van der Waals surface area (Å²) in [6, 6.07) is 11.9. The number of rotatable bonds is 6. The van der Waals surface area contributed by atoms with Gasteiger partial charge in [-0.3, -0.25) is 9.59 Å². The van der Waals surface area contributed by atoms with Gasteiger partial charge in [0.15, 0.2) is 0 Å². The predicted molar refractivity (Wildman–Crippen MR) is 77.5 cm³/mol. The Hall–Kier alpha value is -2.89. The van der Waals surface area contributed by atoms with Crippen LogP contribution in [0.2, 0.25) is 0 Å². The van der Waals surface area contributed by atoms with Crippen molar-refractivity contribution in [3.63, 3.8) is 0 Å². The molecule has 2 N–H and O–H groups in total. The van der Waals surface area contributed by atoms with Crippen molar-refractivity contribution in [3.05, 3.63) is 59.9 Å². The number of hydrogen-bond acceptors (Lipinski definition) is 3. The summed E-state index contributed by atoms with van der Waals surface area (Å²) in [5.74, 6) is -0.674. The van der Waals surface area contributed by atoms with Gasteiger partial charge in [-0.25, -0.2) is 4.39 Å². The molecule has 22 heavy (non-hydrogen) atoms. The molecule has 2 aromatic rings. The summed E-state index contributed by atoms with van der Waals surface area (Å²) in [4.78, 5) is 22.1. The lowest BCUT2D eigenvalue weighted by Gasteiger charge is -2.07. The molecule has 0 fully saturated rings. The lowest BCUT2D eigenvalue weighted by Crippen LogP contribution is -2.25. The van der Waals surface area contributed by atoms with Gasteiger partial charge in [0.1, 0.15) is 17.3 Å². The van der Waals surface area contributed by atoms with Crippen molar-refractivity contribution in [1.82, 2.24) is 5.32 Å². The molecule has 0 spiro atoms. The largest absolute Gasteiger partial charge is 0.481 e. The molecule has 0 bridgehead atoms. The van der Waals surface area contributed by atoms with Crippen LogP contribution in [0, 0.1) is 5.82 Å². The van der Waals surface area contributed by atoms with Crippen molar-refractivity contribution in [3.8, 4) is 11.5 Å². The number of amides is 1. The average molecular weight is 303 g/mol. The molecule has 0 saturated heterocycles. The number of carbonyl (C=O) groups excluding carboxylic acids is 1. The molecule has 0 aliphatic carbocycles. The maximum absolute atomic E-state index is 12.8. The van der Waals surface area contributed by atoms with Gasteiger partial charge in [0.2, 0.25) is 0 Å². The Morgan fingerprint density at radius 3 is 2.09 bits per heavy atom. The SMILES string of the molecule is O=C(O)CCNC(=O)c1ccc(Oc2ccc(F)cc2)cc1. The Labute approximate surface area is 126 Å². The molecular weight excluding hydrogens is 289 g/mol. The molecule has 1 amide bonds. The number of halogens is 1. The first-order valence-corrected chi connectivity index (χ1v) is 6.58. The topological polar surface area (TPSA) is 75.6 Å². The van der Waals surface area contributed by atoms with E-state index in [4.69, 9.17) is 9.84 Å². The van der Waals surface area contributed by atoms with Crippen LogP contribution in [0.1, 0.15) is 16.8 Å². The first kappa shape index (κ1) is 15.5. The molecule has 0 aliphatic rings. The highest BCUT2D eigenvalue weighted by Crippen LogP contribution is 2.21. The second-order valence-electron chi connectivity index (χ2n) is 4.48. The van der Waals surface area contributed by atoms with Crippen LogP contribution in [0.15, 0.2) is 48.5 Å². The third kappa shape index (κ3) is 4.59. The number of carbonyl (C=O) groups is 2. The van der Waals surface area contributed by atoms with Crippen LogP contribution in [0.25, 0.3) is 0 Å². The maximum Gasteiger partial charge on any atom is 0.305 e. The van der Waals surface area contributed by atoms with Crippen molar-refractivity contribution in [2.45, 2.75) is 6.42 Å². The highest BCUT2D eigenvalue weighted by molar-refractivity contribution is 5.94. The molecule has 2 aromatic carbocycles. The van der Waals surface area contributed by atoms with Gasteiger partial charge < -0.3 is 15.2 Å². The van der Waals surface area contributed by atoms with Gasteiger partial charge >= 0.3 is 5.97 Å². The Morgan fingerprint density at radius 2 is 1.55 bits per heavy atom. The summed E-state index contributed by atoms with van der Waals surface area (Å²) >= 11 is 0. The second-order valence-corrected chi connectivity index (χ2v) is 4.48. The number of nitrogens with one attached hydrogen (secondary N) is 1. The monoisotopic (exact) mass is 303 g/mol. The van der Waals surface area contributed by atoms with E-state index in [-0.39, 0.29) is 24.7 Å². The van der Waals surface area contributed by atoms with Crippen LogP contribution in [-0.4, -0.2) is 23.5 Å². The number of carboxylic acids is 1. The van der Waals surface area contributed by atoms with Crippen molar-refractivity contribution in [2.75, 3.05) is 6.54 Å². The molecule has 0 aromatic heterocycles. The molecule has 6 heteroatoms. The average Bonchev–Trinajstić information content (AvgIpc) is 2.50. The fourth-order valence-corrected chi connectivity index (χ4v) is 1.70. The van der Waals surface area contributed by atoms with E-state index in [0.29, 0.717) is 17.1 Å². The zero-order valence-electron chi connectivity index (χ0n) is 11.6.